The van der Waals surface area contributed by atoms with Crippen LogP contribution in [0.3, 0.4) is 0 Å². The van der Waals surface area contributed by atoms with Crippen LogP contribution in [0.15, 0.2) is 0 Å². The van der Waals surface area contributed by atoms with Crippen LogP contribution in [0.2, 0.25) is 0 Å². The number of halogens is 3. The van der Waals surface area contributed by atoms with Crippen LogP contribution in [0.25, 0.3) is 0 Å². The monoisotopic (exact) mass is 253 g/mol. The lowest BCUT2D eigenvalue weighted by Crippen LogP contribution is -2.49. The molecule has 0 aromatic carbocycles. The van der Waals surface area contributed by atoms with Crippen LogP contribution < -0.4 is 5.32 Å². The number of ketones is 1. The lowest BCUT2D eigenvalue weighted by atomic mass is 9.91. The molecule has 1 heterocycles. The average Bonchev–Trinajstić information content (AvgIpc) is 2.38. The van der Waals surface area contributed by atoms with Crippen molar-refractivity contribution in [3.8, 4) is 0 Å². The molecule has 1 N–H and O–H groups in total. The molecule has 1 aliphatic rings. The van der Waals surface area contributed by atoms with E-state index in [4.69, 9.17) is 0 Å². The number of cyclic esters (lactones) is 1. The summed E-state index contributed by atoms with van der Waals surface area (Å²) in [5, 5.41) is 2.31. The summed E-state index contributed by atoms with van der Waals surface area (Å²) in [6.07, 6.45) is -6.64. The summed E-state index contributed by atoms with van der Waals surface area (Å²) < 4.78 is 40.9. The first kappa shape index (κ1) is 14.0. The van der Waals surface area contributed by atoms with E-state index < -0.39 is 29.7 Å². The Bertz CT molecular complexity index is 340. The molecule has 0 aromatic heterocycles. The number of hydrogen-bond donors (Lipinski definition) is 1. The van der Waals surface area contributed by atoms with E-state index in [1.807, 2.05) is 13.8 Å². The summed E-state index contributed by atoms with van der Waals surface area (Å²) in [7, 11) is 0. The number of rotatable bonds is 3. The summed E-state index contributed by atoms with van der Waals surface area (Å²) in [4.78, 5) is 22.4. The van der Waals surface area contributed by atoms with Gasteiger partial charge in [-0.2, -0.15) is 13.2 Å². The van der Waals surface area contributed by atoms with Crippen molar-refractivity contribution in [2.45, 2.75) is 45.1 Å². The Balaban J connectivity index is 2.80. The van der Waals surface area contributed by atoms with Gasteiger partial charge in [-0.1, -0.05) is 13.8 Å². The van der Waals surface area contributed by atoms with Crippen molar-refractivity contribution in [1.82, 2.24) is 5.32 Å². The molecule has 0 aliphatic carbocycles. The number of ether oxygens (including phenoxy) is 1. The Morgan fingerprint density at radius 3 is 2.47 bits per heavy atom. The van der Waals surface area contributed by atoms with Crippen LogP contribution >= 0.6 is 0 Å². The molecule has 1 rings (SSSR count). The largest absolute Gasteiger partial charge is 0.455 e. The van der Waals surface area contributed by atoms with Crippen LogP contribution in [0.1, 0.15) is 27.2 Å². The molecule has 1 saturated heterocycles. The minimum atomic E-state index is -5.01. The third-order valence-electron chi connectivity index (χ3n) is 2.46. The van der Waals surface area contributed by atoms with Crippen molar-refractivity contribution < 1.29 is 27.5 Å². The zero-order valence-corrected chi connectivity index (χ0v) is 9.72. The predicted molar refractivity (Wildman–Crippen MR) is 51.9 cm³/mol. The minimum Gasteiger partial charge on any atom is -0.437 e. The quantitative estimate of drug-likeness (QED) is 0.772. The van der Waals surface area contributed by atoms with E-state index in [9.17, 15) is 22.8 Å². The Morgan fingerprint density at radius 1 is 1.53 bits per heavy atom. The van der Waals surface area contributed by atoms with E-state index in [0.717, 1.165) is 0 Å². The van der Waals surface area contributed by atoms with Crippen LogP contribution in [-0.2, 0) is 14.3 Å². The Kier molecular flexibility index (Phi) is 3.52. The van der Waals surface area contributed by atoms with Gasteiger partial charge >= 0.3 is 12.1 Å². The van der Waals surface area contributed by atoms with Crippen LogP contribution in [0.5, 0.6) is 0 Å². The molecule has 0 amide bonds. The molecule has 0 aromatic rings. The SMILES string of the molecule is CC(C)CC1(C)NC(C(=O)C(F)(F)F)OC1=O. The van der Waals surface area contributed by atoms with E-state index in [0.29, 0.717) is 6.42 Å². The van der Waals surface area contributed by atoms with Crippen molar-refractivity contribution >= 4 is 11.8 Å². The Labute approximate surface area is 96.5 Å². The fourth-order valence-electron chi connectivity index (χ4n) is 1.84. The van der Waals surface area contributed by atoms with Crippen LogP contribution in [0.4, 0.5) is 13.2 Å². The molecule has 7 heteroatoms. The maximum absolute atomic E-state index is 12.2. The summed E-state index contributed by atoms with van der Waals surface area (Å²) >= 11 is 0. The van der Waals surface area contributed by atoms with Gasteiger partial charge in [-0.05, 0) is 19.3 Å². The topological polar surface area (TPSA) is 55.4 Å². The molecule has 2 unspecified atom stereocenters. The molecule has 0 bridgehead atoms. The normalized spacial score (nSPS) is 29.6. The highest BCUT2D eigenvalue weighted by molar-refractivity contribution is 5.94. The first-order valence-corrected chi connectivity index (χ1v) is 5.16. The molecule has 0 spiro atoms. The van der Waals surface area contributed by atoms with Gasteiger partial charge in [0.05, 0.1) is 0 Å². The van der Waals surface area contributed by atoms with Gasteiger partial charge in [-0.15, -0.1) is 0 Å². The minimum absolute atomic E-state index is 0.0831. The molecule has 4 nitrogen and oxygen atoms in total. The van der Waals surface area contributed by atoms with E-state index in [1.54, 1.807) is 0 Å². The van der Waals surface area contributed by atoms with Gasteiger partial charge in [0.25, 0.3) is 5.78 Å². The molecular formula is C10H14F3NO3. The van der Waals surface area contributed by atoms with Gasteiger partial charge in [0.2, 0.25) is 6.23 Å². The highest BCUT2D eigenvalue weighted by Gasteiger charge is 2.54. The van der Waals surface area contributed by atoms with Crippen molar-refractivity contribution in [3.05, 3.63) is 0 Å². The van der Waals surface area contributed by atoms with Crippen LogP contribution in [0, 0.1) is 5.92 Å². The van der Waals surface area contributed by atoms with Crippen molar-refractivity contribution in [2.75, 3.05) is 0 Å². The van der Waals surface area contributed by atoms with Gasteiger partial charge in [-0.25, -0.2) is 4.79 Å². The van der Waals surface area contributed by atoms with Crippen molar-refractivity contribution in [3.63, 3.8) is 0 Å². The standard InChI is InChI=1S/C10H14F3NO3/c1-5(2)4-9(3)8(16)17-7(14-9)6(15)10(11,12)13/h5,7,14H,4H2,1-3H3. The molecule has 98 valence electrons. The zero-order valence-electron chi connectivity index (χ0n) is 9.72. The summed E-state index contributed by atoms with van der Waals surface area (Å²) in [6.45, 7) is 5.07. The van der Waals surface area contributed by atoms with Crippen LogP contribution in [-0.4, -0.2) is 29.7 Å². The highest BCUT2D eigenvalue weighted by Crippen LogP contribution is 2.28. The van der Waals surface area contributed by atoms with E-state index in [2.05, 4.69) is 10.1 Å². The molecule has 2 atom stereocenters. The fraction of sp³-hybridized carbons (Fsp3) is 0.800. The maximum Gasteiger partial charge on any atom is 0.455 e. The summed E-state index contributed by atoms with van der Waals surface area (Å²) in [5.74, 6) is -2.83. The first-order chi connectivity index (χ1) is 7.56. The van der Waals surface area contributed by atoms with Crippen molar-refractivity contribution in [1.29, 1.82) is 0 Å². The van der Waals surface area contributed by atoms with Crippen molar-refractivity contribution in [2.24, 2.45) is 5.92 Å². The van der Waals surface area contributed by atoms with E-state index in [-0.39, 0.29) is 5.92 Å². The van der Waals surface area contributed by atoms with Gasteiger partial charge in [0, 0.05) is 0 Å². The highest BCUT2D eigenvalue weighted by atomic mass is 19.4. The smallest absolute Gasteiger partial charge is 0.437 e. The third kappa shape index (κ3) is 2.96. The van der Waals surface area contributed by atoms with Gasteiger partial charge < -0.3 is 4.74 Å². The number of esters is 1. The second-order valence-electron chi connectivity index (χ2n) is 4.72. The number of nitrogens with one attached hydrogen (secondary N) is 1. The molecular weight excluding hydrogens is 239 g/mol. The second-order valence-corrected chi connectivity index (χ2v) is 4.72. The molecule has 17 heavy (non-hydrogen) atoms. The Hall–Kier alpha value is -1.11. The van der Waals surface area contributed by atoms with Gasteiger partial charge in [0.15, 0.2) is 0 Å². The van der Waals surface area contributed by atoms with Gasteiger partial charge in [-0.3, -0.25) is 10.1 Å². The number of Topliss-reactive ketones (excluding diaryl/α,β-unsaturated/α-hetero) is 1. The number of carbonyl (C=O) groups is 2. The number of hydrogen-bond acceptors (Lipinski definition) is 4. The molecule has 0 radical (unpaired) electrons. The predicted octanol–water partition coefficient (Wildman–Crippen LogP) is 1.40. The van der Waals surface area contributed by atoms with E-state index in [1.165, 1.54) is 6.92 Å². The lowest BCUT2D eigenvalue weighted by molar-refractivity contribution is -0.183. The first-order valence-electron chi connectivity index (χ1n) is 5.16. The molecule has 1 fully saturated rings. The fourth-order valence-corrected chi connectivity index (χ4v) is 1.84. The maximum atomic E-state index is 12.2. The van der Waals surface area contributed by atoms with Gasteiger partial charge in [0.1, 0.15) is 5.54 Å². The molecule has 1 aliphatic heterocycles. The molecule has 0 saturated carbocycles. The summed E-state index contributed by atoms with van der Waals surface area (Å²) in [5.41, 5.74) is -1.24. The van der Waals surface area contributed by atoms with E-state index >= 15 is 0 Å². The average molecular weight is 253 g/mol. The third-order valence-corrected chi connectivity index (χ3v) is 2.46. The summed E-state index contributed by atoms with van der Waals surface area (Å²) in [6, 6.07) is 0. The number of alkyl halides is 3. The Morgan fingerprint density at radius 2 is 2.06 bits per heavy atom. The lowest BCUT2D eigenvalue weighted by Gasteiger charge is -2.22. The number of carbonyl (C=O) groups excluding carboxylic acids is 2. The second kappa shape index (κ2) is 4.29. The zero-order chi connectivity index (χ0) is 13.4.